The lowest BCUT2D eigenvalue weighted by atomic mass is 9.75. The van der Waals surface area contributed by atoms with Crippen molar-refractivity contribution in [1.29, 1.82) is 0 Å². The van der Waals surface area contributed by atoms with E-state index in [0.29, 0.717) is 0 Å². The zero-order valence-electron chi connectivity index (χ0n) is 23.0. The van der Waals surface area contributed by atoms with Gasteiger partial charge in [0.15, 0.2) is 0 Å². The van der Waals surface area contributed by atoms with E-state index in [1.54, 1.807) is 0 Å². The van der Waals surface area contributed by atoms with Crippen LogP contribution in [0, 0.1) is 33.1 Å². The molecule has 0 atom stereocenters. The third kappa shape index (κ3) is 4.19. The summed E-state index contributed by atoms with van der Waals surface area (Å²) in [6.45, 7) is 13.6. The van der Waals surface area contributed by atoms with Crippen LogP contribution in [0.5, 0.6) is 0 Å². The summed E-state index contributed by atoms with van der Waals surface area (Å²) in [5.41, 5.74) is 19.4. The molecule has 0 spiro atoms. The number of fused-ring (bicyclic) bond motifs is 2. The lowest BCUT2D eigenvalue weighted by Gasteiger charge is -2.28. The highest BCUT2D eigenvalue weighted by molar-refractivity contribution is 5.84. The fourth-order valence-electron chi connectivity index (χ4n) is 6.51. The van der Waals surface area contributed by atoms with Crippen LogP contribution in [-0.2, 0) is 12.8 Å². The highest BCUT2D eigenvalue weighted by Gasteiger charge is 2.34. The van der Waals surface area contributed by atoms with E-state index in [1.165, 1.54) is 77.9 Å². The molecule has 0 nitrogen and oxygen atoms in total. The Morgan fingerprint density at radius 3 is 1.27 bits per heavy atom. The zero-order chi connectivity index (χ0) is 25.9. The first-order valence-electron chi connectivity index (χ1n) is 13.5. The Balaban J connectivity index is 1.39. The van der Waals surface area contributed by atoms with Gasteiger partial charge in [-0.1, -0.05) is 132 Å². The molecule has 0 radical (unpaired) electrons. The van der Waals surface area contributed by atoms with Gasteiger partial charge in [0.1, 0.15) is 0 Å². The van der Waals surface area contributed by atoms with Gasteiger partial charge < -0.3 is 0 Å². The molecule has 0 heteroatoms. The monoisotopic (exact) mass is 480 g/mol. The summed E-state index contributed by atoms with van der Waals surface area (Å²) in [6, 6.07) is 27.5. The molecule has 0 saturated heterocycles. The van der Waals surface area contributed by atoms with Crippen LogP contribution < -0.4 is 0 Å². The fraction of sp³-hybridized carbons (Fsp3) is 0.243. The van der Waals surface area contributed by atoms with E-state index in [1.807, 2.05) is 0 Å². The van der Waals surface area contributed by atoms with Gasteiger partial charge in [0.05, 0.1) is 0 Å². The predicted octanol–water partition coefficient (Wildman–Crippen LogP) is 9.86. The molecule has 0 unspecified atom stereocenters. The average Bonchev–Trinajstić information content (AvgIpc) is 3.48. The molecule has 184 valence electrons. The van der Waals surface area contributed by atoms with Crippen LogP contribution in [0.25, 0.3) is 34.4 Å². The van der Waals surface area contributed by atoms with Crippen molar-refractivity contribution < 1.29 is 0 Å². The lowest BCUT2D eigenvalue weighted by Crippen LogP contribution is -2.18. The van der Waals surface area contributed by atoms with Gasteiger partial charge in [0.2, 0.25) is 0 Å². The number of aryl methyl sites for hydroxylation is 4. The van der Waals surface area contributed by atoms with Crippen molar-refractivity contribution in [3.05, 3.63) is 128 Å². The first-order chi connectivity index (χ1) is 17.7. The van der Waals surface area contributed by atoms with Gasteiger partial charge in [-0.2, -0.15) is 0 Å². The van der Waals surface area contributed by atoms with Crippen molar-refractivity contribution >= 4 is 12.2 Å². The molecule has 0 N–H and O–H groups in total. The van der Waals surface area contributed by atoms with Gasteiger partial charge in [-0.25, -0.2) is 0 Å². The maximum atomic E-state index is 2.50. The first kappa shape index (κ1) is 23.7. The molecular weight excluding hydrogens is 444 g/mol. The molecule has 0 aliphatic heterocycles. The molecule has 4 aromatic rings. The molecule has 0 fully saturated rings. The van der Waals surface area contributed by atoms with Crippen molar-refractivity contribution in [2.75, 3.05) is 0 Å². The molecule has 6 rings (SSSR count). The van der Waals surface area contributed by atoms with Crippen LogP contribution in [0.1, 0.15) is 58.4 Å². The second kappa shape index (κ2) is 8.73. The van der Waals surface area contributed by atoms with E-state index in [-0.39, 0.29) is 5.41 Å². The van der Waals surface area contributed by atoms with Crippen molar-refractivity contribution in [3.63, 3.8) is 0 Å². The van der Waals surface area contributed by atoms with Gasteiger partial charge in [-0.15, -0.1) is 0 Å². The van der Waals surface area contributed by atoms with Crippen molar-refractivity contribution in [3.8, 4) is 22.3 Å². The molecule has 0 aromatic heterocycles. The van der Waals surface area contributed by atoms with Crippen LogP contribution in [0.3, 0.4) is 0 Å². The minimum Gasteiger partial charge on any atom is -0.0613 e. The minimum atomic E-state index is -0.00236. The normalized spacial score (nSPS) is 14.3. The molecule has 2 aliphatic rings. The number of allylic oxidation sites excluding steroid dienone is 2. The van der Waals surface area contributed by atoms with Gasteiger partial charge in [0.25, 0.3) is 0 Å². The van der Waals surface area contributed by atoms with Gasteiger partial charge in [-0.3, -0.25) is 0 Å². The third-order valence-electron chi connectivity index (χ3n) is 8.46. The Kier molecular flexibility index (Phi) is 5.60. The van der Waals surface area contributed by atoms with Crippen LogP contribution in [0.15, 0.2) is 83.9 Å². The Hall–Kier alpha value is -3.64. The summed E-state index contributed by atoms with van der Waals surface area (Å²) >= 11 is 0. The van der Waals surface area contributed by atoms with Crippen LogP contribution in [0.4, 0.5) is 0 Å². The van der Waals surface area contributed by atoms with E-state index in [2.05, 4.69) is 126 Å². The maximum absolute atomic E-state index is 2.50. The highest BCUT2D eigenvalue weighted by atomic mass is 14.4. The number of benzene rings is 4. The van der Waals surface area contributed by atoms with E-state index < -0.39 is 0 Å². The van der Waals surface area contributed by atoms with Gasteiger partial charge in [-0.05, 0) is 85.0 Å². The minimum absolute atomic E-state index is 0.00236. The Bertz CT molecular complexity index is 1460. The summed E-state index contributed by atoms with van der Waals surface area (Å²) in [4.78, 5) is 0. The summed E-state index contributed by atoms with van der Waals surface area (Å²) < 4.78 is 0. The van der Waals surface area contributed by atoms with Crippen molar-refractivity contribution in [2.45, 2.75) is 54.4 Å². The molecule has 37 heavy (non-hydrogen) atoms. The van der Waals surface area contributed by atoms with E-state index in [0.717, 1.165) is 12.8 Å². The first-order valence-corrected chi connectivity index (χ1v) is 13.5. The molecular formula is C37H36. The summed E-state index contributed by atoms with van der Waals surface area (Å²) in [5.74, 6) is 0. The molecule has 2 aliphatic carbocycles. The summed E-state index contributed by atoms with van der Waals surface area (Å²) in [6.07, 6.45) is 7.05. The fourth-order valence-corrected chi connectivity index (χ4v) is 6.51. The molecule has 0 saturated carbocycles. The quantitative estimate of drug-likeness (QED) is 0.273. The van der Waals surface area contributed by atoms with E-state index in [4.69, 9.17) is 0 Å². The average molecular weight is 481 g/mol. The van der Waals surface area contributed by atoms with Gasteiger partial charge >= 0.3 is 0 Å². The lowest BCUT2D eigenvalue weighted by molar-refractivity contribution is 0.526. The second-order valence-electron chi connectivity index (χ2n) is 11.8. The standard InChI is InChI=1S/C37H36/c1-23-13-24(2)16-29(15-23)33-11-7-9-27-19-31(21-35(27)33)37(5,6)32-20-28-10-8-12-34(36(28)22-32)30-17-25(3)14-26(4)18-30/h7-18,21-22H,19-20H2,1-6H3. The van der Waals surface area contributed by atoms with Crippen LogP contribution >= 0.6 is 0 Å². The summed E-state index contributed by atoms with van der Waals surface area (Å²) in [5, 5.41) is 0. The van der Waals surface area contributed by atoms with Crippen molar-refractivity contribution in [2.24, 2.45) is 5.41 Å². The predicted molar refractivity (Wildman–Crippen MR) is 160 cm³/mol. The Morgan fingerprint density at radius 1 is 0.514 bits per heavy atom. The maximum Gasteiger partial charge on any atom is 0.00773 e. The SMILES string of the molecule is Cc1cc(C)cc(-c2cccc3c2C=C(C(C)(C)C2=Cc4c(cccc4-c4cc(C)cc(C)c4)C2)C3)c1. The topological polar surface area (TPSA) is 0 Å². The number of hydrogen-bond acceptors (Lipinski definition) is 0. The largest absolute Gasteiger partial charge is 0.0613 e. The molecule has 0 heterocycles. The van der Waals surface area contributed by atoms with E-state index in [9.17, 15) is 0 Å². The molecule has 4 aromatic carbocycles. The van der Waals surface area contributed by atoms with Gasteiger partial charge in [0, 0.05) is 5.41 Å². The summed E-state index contributed by atoms with van der Waals surface area (Å²) in [7, 11) is 0. The Morgan fingerprint density at radius 2 is 0.892 bits per heavy atom. The molecule has 0 amide bonds. The van der Waals surface area contributed by atoms with Crippen LogP contribution in [-0.4, -0.2) is 0 Å². The number of rotatable bonds is 4. The highest BCUT2D eigenvalue weighted by Crippen LogP contribution is 2.48. The molecule has 0 bridgehead atoms. The third-order valence-corrected chi connectivity index (χ3v) is 8.46. The number of hydrogen-bond donors (Lipinski definition) is 0. The zero-order valence-corrected chi connectivity index (χ0v) is 23.0. The Labute approximate surface area is 222 Å². The van der Waals surface area contributed by atoms with Crippen LogP contribution in [0.2, 0.25) is 0 Å². The smallest absolute Gasteiger partial charge is 0.00773 e. The van der Waals surface area contributed by atoms with E-state index >= 15 is 0 Å². The van der Waals surface area contributed by atoms with Crippen molar-refractivity contribution in [1.82, 2.24) is 0 Å². The second-order valence-corrected chi connectivity index (χ2v) is 11.8.